The van der Waals surface area contributed by atoms with E-state index in [9.17, 15) is 5.11 Å². The molecule has 1 rings (SSSR count). The van der Waals surface area contributed by atoms with E-state index in [1.165, 1.54) is 22.3 Å². The molecule has 0 fully saturated rings. The fourth-order valence-electron chi connectivity index (χ4n) is 1.65. The standard InChI is InChI=1S/C13H20O/c1-9-5-7-13(8-6-10(2)14)12(4)11(9)3/h5,7,10,14H,6,8H2,1-4H3. The minimum atomic E-state index is -0.198. The van der Waals surface area contributed by atoms with Crippen molar-refractivity contribution in [3.05, 3.63) is 34.4 Å². The highest BCUT2D eigenvalue weighted by Crippen LogP contribution is 2.18. The molecule has 1 atom stereocenters. The van der Waals surface area contributed by atoms with Crippen LogP contribution in [0, 0.1) is 20.8 Å². The average molecular weight is 192 g/mol. The zero-order valence-electron chi connectivity index (χ0n) is 9.59. The number of hydrogen-bond acceptors (Lipinski definition) is 1. The zero-order chi connectivity index (χ0) is 10.7. The number of hydrogen-bond donors (Lipinski definition) is 1. The van der Waals surface area contributed by atoms with Gasteiger partial charge in [-0.2, -0.15) is 0 Å². The molecule has 1 aromatic carbocycles. The first-order chi connectivity index (χ1) is 6.52. The molecule has 0 aliphatic carbocycles. The molecule has 0 spiro atoms. The monoisotopic (exact) mass is 192 g/mol. The van der Waals surface area contributed by atoms with Crippen LogP contribution in [0.2, 0.25) is 0 Å². The van der Waals surface area contributed by atoms with E-state index >= 15 is 0 Å². The van der Waals surface area contributed by atoms with E-state index < -0.39 is 0 Å². The Morgan fingerprint density at radius 2 is 1.79 bits per heavy atom. The smallest absolute Gasteiger partial charge is 0.0515 e. The van der Waals surface area contributed by atoms with Crippen molar-refractivity contribution in [3.8, 4) is 0 Å². The molecule has 0 saturated heterocycles. The van der Waals surface area contributed by atoms with Crippen LogP contribution in [0.3, 0.4) is 0 Å². The van der Waals surface area contributed by atoms with Gasteiger partial charge in [-0.3, -0.25) is 0 Å². The van der Waals surface area contributed by atoms with Gasteiger partial charge in [-0.1, -0.05) is 12.1 Å². The Hall–Kier alpha value is -0.820. The first kappa shape index (κ1) is 11.3. The van der Waals surface area contributed by atoms with E-state index in [-0.39, 0.29) is 6.10 Å². The Morgan fingerprint density at radius 1 is 1.14 bits per heavy atom. The maximum atomic E-state index is 9.23. The molecule has 0 aromatic heterocycles. The highest BCUT2D eigenvalue weighted by Gasteiger charge is 2.04. The first-order valence-corrected chi connectivity index (χ1v) is 5.26. The normalized spacial score (nSPS) is 12.9. The molecule has 0 bridgehead atoms. The van der Waals surface area contributed by atoms with Crippen molar-refractivity contribution in [1.29, 1.82) is 0 Å². The quantitative estimate of drug-likeness (QED) is 0.780. The number of benzene rings is 1. The summed E-state index contributed by atoms with van der Waals surface area (Å²) in [6.45, 7) is 8.31. The minimum Gasteiger partial charge on any atom is -0.393 e. The van der Waals surface area contributed by atoms with Crippen LogP contribution in [0.15, 0.2) is 12.1 Å². The molecular formula is C13H20O. The molecule has 0 saturated carbocycles. The minimum absolute atomic E-state index is 0.198. The Kier molecular flexibility index (Phi) is 3.70. The van der Waals surface area contributed by atoms with Crippen LogP contribution in [-0.4, -0.2) is 11.2 Å². The molecule has 0 radical (unpaired) electrons. The molecule has 1 nitrogen and oxygen atoms in total. The lowest BCUT2D eigenvalue weighted by Crippen LogP contribution is -2.03. The molecule has 14 heavy (non-hydrogen) atoms. The summed E-state index contributed by atoms with van der Waals surface area (Å²) < 4.78 is 0. The third-order valence-electron chi connectivity index (χ3n) is 3.00. The van der Waals surface area contributed by atoms with Gasteiger partial charge in [0, 0.05) is 0 Å². The summed E-state index contributed by atoms with van der Waals surface area (Å²) in [6.07, 6.45) is 1.63. The predicted molar refractivity (Wildman–Crippen MR) is 60.7 cm³/mol. The molecule has 1 aromatic rings. The van der Waals surface area contributed by atoms with Crippen molar-refractivity contribution in [2.24, 2.45) is 0 Å². The Labute approximate surface area is 86.8 Å². The summed E-state index contributed by atoms with van der Waals surface area (Å²) in [5.74, 6) is 0. The van der Waals surface area contributed by atoms with Gasteiger partial charge in [0.05, 0.1) is 6.10 Å². The Balaban J connectivity index is 2.83. The number of aliphatic hydroxyl groups excluding tert-OH is 1. The van der Waals surface area contributed by atoms with Crippen molar-refractivity contribution in [2.75, 3.05) is 0 Å². The van der Waals surface area contributed by atoms with Gasteiger partial charge in [0.15, 0.2) is 0 Å². The second-order valence-electron chi connectivity index (χ2n) is 4.18. The third kappa shape index (κ3) is 2.58. The molecule has 1 unspecified atom stereocenters. The summed E-state index contributed by atoms with van der Waals surface area (Å²) in [5, 5.41) is 9.23. The molecule has 0 heterocycles. The van der Waals surface area contributed by atoms with Gasteiger partial charge in [-0.25, -0.2) is 0 Å². The van der Waals surface area contributed by atoms with Gasteiger partial charge in [0.2, 0.25) is 0 Å². The van der Waals surface area contributed by atoms with Gasteiger partial charge < -0.3 is 5.11 Å². The fourth-order valence-corrected chi connectivity index (χ4v) is 1.65. The van der Waals surface area contributed by atoms with Gasteiger partial charge in [0.25, 0.3) is 0 Å². The van der Waals surface area contributed by atoms with Crippen molar-refractivity contribution < 1.29 is 5.11 Å². The van der Waals surface area contributed by atoms with E-state index in [2.05, 4.69) is 32.9 Å². The molecule has 78 valence electrons. The Bertz CT molecular complexity index is 313. The van der Waals surface area contributed by atoms with Gasteiger partial charge in [-0.15, -0.1) is 0 Å². The molecule has 0 amide bonds. The average Bonchev–Trinajstić information content (AvgIpc) is 2.13. The summed E-state index contributed by atoms with van der Waals surface area (Å²) in [7, 11) is 0. The van der Waals surface area contributed by atoms with Gasteiger partial charge >= 0.3 is 0 Å². The highest BCUT2D eigenvalue weighted by atomic mass is 16.3. The van der Waals surface area contributed by atoms with Crippen LogP contribution in [-0.2, 0) is 6.42 Å². The molecule has 1 N–H and O–H groups in total. The lowest BCUT2D eigenvalue weighted by Gasteiger charge is -2.11. The first-order valence-electron chi connectivity index (χ1n) is 5.26. The summed E-state index contributed by atoms with van der Waals surface area (Å²) in [6, 6.07) is 4.35. The second-order valence-corrected chi connectivity index (χ2v) is 4.18. The maximum Gasteiger partial charge on any atom is 0.0515 e. The van der Waals surface area contributed by atoms with Crippen LogP contribution in [0.25, 0.3) is 0 Å². The molecule has 0 aliphatic rings. The van der Waals surface area contributed by atoms with E-state index in [1.807, 2.05) is 6.92 Å². The molecular weight excluding hydrogens is 172 g/mol. The Morgan fingerprint density at radius 3 is 2.36 bits per heavy atom. The zero-order valence-corrected chi connectivity index (χ0v) is 9.59. The second kappa shape index (κ2) is 4.61. The molecule has 1 heteroatoms. The predicted octanol–water partition coefficient (Wildman–Crippen LogP) is 2.93. The van der Waals surface area contributed by atoms with Gasteiger partial charge in [-0.05, 0) is 62.8 Å². The highest BCUT2D eigenvalue weighted by molar-refractivity contribution is 5.38. The third-order valence-corrected chi connectivity index (χ3v) is 3.00. The van der Waals surface area contributed by atoms with Crippen molar-refractivity contribution in [3.63, 3.8) is 0 Å². The van der Waals surface area contributed by atoms with Crippen LogP contribution in [0.5, 0.6) is 0 Å². The van der Waals surface area contributed by atoms with E-state index in [4.69, 9.17) is 0 Å². The number of rotatable bonds is 3. The van der Waals surface area contributed by atoms with E-state index in [1.54, 1.807) is 0 Å². The SMILES string of the molecule is Cc1ccc(CCC(C)O)c(C)c1C. The van der Waals surface area contributed by atoms with Crippen molar-refractivity contribution in [1.82, 2.24) is 0 Å². The van der Waals surface area contributed by atoms with Crippen molar-refractivity contribution >= 4 is 0 Å². The topological polar surface area (TPSA) is 20.2 Å². The largest absolute Gasteiger partial charge is 0.393 e. The summed E-state index contributed by atoms with van der Waals surface area (Å²) >= 11 is 0. The maximum absolute atomic E-state index is 9.23. The lowest BCUT2D eigenvalue weighted by atomic mass is 9.95. The summed E-state index contributed by atoms with van der Waals surface area (Å²) in [4.78, 5) is 0. The van der Waals surface area contributed by atoms with Crippen LogP contribution >= 0.6 is 0 Å². The lowest BCUT2D eigenvalue weighted by molar-refractivity contribution is 0.185. The van der Waals surface area contributed by atoms with Crippen LogP contribution in [0.4, 0.5) is 0 Å². The number of aliphatic hydroxyl groups is 1. The van der Waals surface area contributed by atoms with E-state index in [0.717, 1.165) is 12.8 Å². The van der Waals surface area contributed by atoms with E-state index in [0.29, 0.717) is 0 Å². The van der Waals surface area contributed by atoms with Crippen LogP contribution < -0.4 is 0 Å². The summed E-state index contributed by atoms with van der Waals surface area (Å²) in [5.41, 5.74) is 5.48. The van der Waals surface area contributed by atoms with Crippen LogP contribution in [0.1, 0.15) is 35.6 Å². The van der Waals surface area contributed by atoms with Crippen molar-refractivity contribution in [2.45, 2.75) is 46.6 Å². The fraction of sp³-hybridized carbons (Fsp3) is 0.538. The molecule has 0 aliphatic heterocycles. The van der Waals surface area contributed by atoms with Gasteiger partial charge in [0.1, 0.15) is 0 Å². The number of aryl methyl sites for hydroxylation is 2.